The molecule has 5 rings (SSSR count). The maximum Gasteiger partial charge on any atom is 0.272 e. The zero-order valence-electron chi connectivity index (χ0n) is 19.3. The monoisotopic (exact) mass is 453 g/mol. The van der Waals surface area contributed by atoms with E-state index in [0.29, 0.717) is 36.0 Å². The molecular weight excluding hydrogens is 425 g/mol. The van der Waals surface area contributed by atoms with Crippen molar-refractivity contribution in [1.29, 1.82) is 0 Å². The number of rotatable bonds is 5. The molecule has 3 aromatic carbocycles. The minimum atomic E-state index is -0.350. The Morgan fingerprint density at radius 3 is 2.32 bits per heavy atom. The largest absolute Gasteiger partial charge is 0.337 e. The number of hydrogen-bond acceptors (Lipinski definition) is 2. The van der Waals surface area contributed by atoms with Crippen LogP contribution in [0.2, 0.25) is 0 Å². The van der Waals surface area contributed by atoms with Gasteiger partial charge in [0.15, 0.2) is 0 Å². The van der Waals surface area contributed by atoms with E-state index < -0.39 is 0 Å². The summed E-state index contributed by atoms with van der Waals surface area (Å²) in [5.41, 5.74) is 4.57. The second-order valence-electron chi connectivity index (χ2n) is 9.07. The summed E-state index contributed by atoms with van der Waals surface area (Å²) in [6.45, 7) is 3.44. The van der Waals surface area contributed by atoms with Gasteiger partial charge in [-0.1, -0.05) is 60.2 Å². The van der Waals surface area contributed by atoms with Crippen LogP contribution in [0.3, 0.4) is 0 Å². The van der Waals surface area contributed by atoms with Gasteiger partial charge < -0.3 is 4.90 Å². The smallest absolute Gasteiger partial charge is 0.272 e. The van der Waals surface area contributed by atoms with E-state index in [4.69, 9.17) is 0 Å². The number of amides is 1. The standard InChI is InChI=1S/C29H28FN3O/c1-21-11-13-24(14-12-21)33-28(20-27(31-33)25-9-5-6-10-26(25)30)29(34)32-17-15-23(16-18-32)19-22-7-3-2-4-8-22/h2-14,20,23H,15-19H2,1H3. The molecule has 34 heavy (non-hydrogen) atoms. The number of benzene rings is 3. The summed E-state index contributed by atoms with van der Waals surface area (Å²) in [5.74, 6) is 0.160. The van der Waals surface area contributed by atoms with Crippen molar-refractivity contribution >= 4 is 5.91 Å². The number of likely N-dealkylation sites (tertiary alicyclic amines) is 1. The van der Waals surface area contributed by atoms with Crippen molar-refractivity contribution in [2.45, 2.75) is 26.2 Å². The molecule has 2 heterocycles. The predicted molar refractivity (Wildman–Crippen MR) is 132 cm³/mol. The minimum Gasteiger partial charge on any atom is -0.337 e. The third-order valence-electron chi connectivity index (χ3n) is 6.63. The van der Waals surface area contributed by atoms with E-state index in [1.807, 2.05) is 42.2 Å². The Morgan fingerprint density at radius 1 is 0.941 bits per heavy atom. The van der Waals surface area contributed by atoms with Gasteiger partial charge in [-0.05, 0) is 68.0 Å². The molecule has 0 spiro atoms. The van der Waals surface area contributed by atoms with Crippen LogP contribution >= 0.6 is 0 Å². The van der Waals surface area contributed by atoms with Gasteiger partial charge in [0.2, 0.25) is 0 Å². The molecule has 172 valence electrons. The maximum absolute atomic E-state index is 14.5. The number of hydrogen-bond donors (Lipinski definition) is 0. The van der Waals surface area contributed by atoms with Crippen molar-refractivity contribution in [3.63, 3.8) is 0 Å². The lowest BCUT2D eigenvalue weighted by Gasteiger charge is -2.32. The molecule has 1 aromatic heterocycles. The summed E-state index contributed by atoms with van der Waals surface area (Å²) in [5, 5.41) is 4.66. The third kappa shape index (κ3) is 4.65. The Kier molecular flexibility index (Phi) is 6.26. The van der Waals surface area contributed by atoms with Crippen molar-refractivity contribution in [2.24, 2.45) is 5.92 Å². The Balaban J connectivity index is 1.40. The number of carbonyl (C=O) groups is 1. The van der Waals surface area contributed by atoms with Gasteiger partial charge in [0.25, 0.3) is 5.91 Å². The number of aromatic nitrogens is 2. The molecule has 0 radical (unpaired) electrons. The predicted octanol–water partition coefficient (Wildman–Crippen LogP) is 6.08. The molecule has 0 saturated carbocycles. The molecule has 0 atom stereocenters. The van der Waals surface area contributed by atoms with Crippen molar-refractivity contribution in [2.75, 3.05) is 13.1 Å². The van der Waals surface area contributed by atoms with E-state index in [2.05, 4.69) is 29.4 Å². The van der Waals surface area contributed by atoms with Gasteiger partial charge in [0.1, 0.15) is 11.5 Å². The fraction of sp³-hybridized carbons (Fsp3) is 0.241. The highest BCUT2D eigenvalue weighted by Crippen LogP contribution is 2.27. The number of aryl methyl sites for hydroxylation is 1. The van der Waals surface area contributed by atoms with Gasteiger partial charge in [0, 0.05) is 18.7 Å². The van der Waals surface area contributed by atoms with Crippen molar-refractivity contribution in [1.82, 2.24) is 14.7 Å². The van der Waals surface area contributed by atoms with Crippen LogP contribution in [0.25, 0.3) is 16.9 Å². The first-order chi connectivity index (χ1) is 16.6. The zero-order chi connectivity index (χ0) is 23.5. The van der Waals surface area contributed by atoms with Crippen molar-refractivity contribution in [3.8, 4) is 16.9 Å². The maximum atomic E-state index is 14.5. The quantitative estimate of drug-likeness (QED) is 0.367. The molecule has 1 saturated heterocycles. The highest BCUT2D eigenvalue weighted by molar-refractivity contribution is 5.94. The van der Waals surface area contributed by atoms with Gasteiger partial charge in [-0.25, -0.2) is 9.07 Å². The van der Waals surface area contributed by atoms with Gasteiger partial charge in [-0.15, -0.1) is 0 Å². The molecule has 1 fully saturated rings. The normalized spacial score (nSPS) is 14.4. The summed E-state index contributed by atoms with van der Waals surface area (Å²) in [6, 6.07) is 26.7. The van der Waals surface area contributed by atoms with Crippen LogP contribution in [-0.4, -0.2) is 33.7 Å². The van der Waals surface area contributed by atoms with Crippen molar-refractivity contribution < 1.29 is 9.18 Å². The van der Waals surface area contributed by atoms with Crippen LogP contribution in [0.5, 0.6) is 0 Å². The summed E-state index contributed by atoms with van der Waals surface area (Å²) in [7, 11) is 0. The molecule has 4 aromatic rings. The van der Waals surface area contributed by atoms with E-state index in [0.717, 1.165) is 30.5 Å². The molecule has 0 aliphatic carbocycles. The topological polar surface area (TPSA) is 38.1 Å². The molecule has 4 nitrogen and oxygen atoms in total. The Bertz CT molecular complexity index is 1270. The lowest BCUT2D eigenvalue weighted by molar-refractivity contribution is 0.0681. The highest BCUT2D eigenvalue weighted by atomic mass is 19.1. The van der Waals surface area contributed by atoms with Gasteiger partial charge in [-0.3, -0.25) is 4.79 Å². The number of halogens is 1. The first kappa shape index (κ1) is 22.1. The average molecular weight is 454 g/mol. The average Bonchev–Trinajstić information content (AvgIpc) is 3.31. The molecule has 1 aliphatic heterocycles. The van der Waals surface area contributed by atoms with E-state index in [1.54, 1.807) is 28.9 Å². The second-order valence-corrected chi connectivity index (χ2v) is 9.07. The van der Waals surface area contributed by atoms with E-state index in [-0.39, 0.29) is 11.7 Å². The fourth-order valence-electron chi connectivity index (χ4n) is 4.67. The van der Waals surface area contributed by atoms with E-state index in [1.165, 1.54) is 11.6 Å². The summed E-state index contributed by atoms with van der Waals surface area (Å²) in [6.07, 6.45) is 2.99. The molecule has 0 unspecified atom stereocenters. The summed E-state index contributed by atoms with van der Waals surface area (Å²) >= 11 is 0. The van der Waals surface area contributed by atoms with E-state index >= 15 is 0 Å². The van der Waals surface area contributed by atoms with Gasteiger partial charge >= 0.3 is 0 Å². The SMILES string of the molecule is Cc1ccc(-n2nc(-c3ccccc3F)cc2C(=O)N2CCC(Cc3ccccc3)CC2)cc1. The first-order valence-electron chi connectivity index (χ1n) is 11.8. The molecule has 5 heteroatoms. The molecule has 1 amide bonds. The molecule has 0 bridgehead atoms. The number of piperidine rings is 1. The summed E-state index contributed by atoms with van der Waals surface area (Å²) < 4.78 is 16.2. The Hall–Kier alpha value is -3.73. The van der Waals surface area contributed by atoms with Crippen LogP contribution in [0.15, 0.2) is 84.9 Å². The lowest BCUT2D eigenvalue weighted by atomic mass is 9.90. The van der Waals surface area contributed by atoms with Crippen LogP contribution in [0.4, 0.5) is 4.39 Å². The summed E-state index contributed by atoms with van der Waals surface area (Å²) in [4.78, 5) is 15.5. The molecule has 1 aliphatic rings. The molecular formula is C29H28FN3O. The highest BCUT2D eigenvalue weighted by Gasteiger charge is 2.27. The van der Waals surface area contributed by atoms with Gasteiger partial charge in [0.05, 0.1) is 11.4 Å². The van der Waals surface area contributed by atoms with Gasteiger partial charge in [-0.2, -0.15) is 5.10 Å². The lowest BCUT2D eigenvalue weighted by Crippen LogP contribution is -2.39. The Labute approximate surface area is 199 Å². The minimum absolute atomic E-state index is 0.0613. The number of nitrogens with zero attached hydrogens (tertiary/aromatic N) is 3. The van der Waals surface area contributed by atoms with Crippen LogP contribution in [-0.2, 0) is 6.42 Å². The van der Waals surface area contributed by atoms with Crippen LogP contribution in [0.1, 0.15) is 34.5 Å². The number of carbonyl (C=O) groups excluding carboxylic acids is 1. The van der Waals surface area contributed by atoms with E-state index in [9.17, 15) is 9.18 Å². The molecule has 0 N–H and O–H groups in total. The zero-order valence-corrected chi connectivity index (χ0v) is 19.3. The van der Waals surface area contributed by atoms with Crippen molar-refractivity contribution in [3.05, 3.63) is 108 Å². The third-order valence-corrected chi connectivity index (χ3v) is 6.63. The van der Waals surface area contributed by atoms with Crippen LogP contribution < -0.4 is 0 Å². The van der Waals surface area contributed by atoms with Crippen LogP contribution in [0, 0.1) is 18.7 Å². The fourth-order valence-corrected chi connectivity index (χ4v) is 4.67. The Morgan fingerprint density at radius 2 is 1.62 bits per heavy atom. The second kappa shape index (κ2) is 9.64. The first-order valence-corrected chi connectivity index (χ1v) is 11.8.